The van der Waals surface area contributed by atoms with Gasteiger partial charge < -0.3 is 15.4 Å². The molecule has 0 aromatic heterocycles. The van der Waals surface area contributed by atoms with Gasteiger partial charge >= 0.3 is 5.97 Å². The smallest absolute Gasteiger partial charge is 0.305 e. The molecule has 6 nitrogen and oxygen atoms in total. The minimum Gasteiger partial charge on any atom is -0.466 e. The van der Waals surface area contributed by atoms with Gasteiger partial charge in [-0.25, -0.2) is 0 Å². The first-order chi connectivity index (χ1) is 16.1. The highest BCUT2D eigenvalue weighted by Crippen LogP contribution is 2.25. The number of aryl methyl sites for hydroxylation is 1. The molecule has 0 saturated heterocycles. The third-order valence-corrected chi connectivity index (χ3v) is 5.89. The van der Waals surface area contributed by atoms with Crippen LogP contribution in [0.4, 0.5) is 11.4 Å². The molecule has 2 amide bonds. The van der Waals surface area contributed by atoms with Crippen molar-refractivity contribution in [2.45, 2.75) is 64.2 Å². The lowest BCUT2D eigenvalue weighted by molar-refractivity contribution is -0.143. The Morgan fingerprint density at radius 2 is 1.55 bits per heavy atom. The maximum absolute atomic E-state index is 12.4. The Bertz CT molecular complexity index is 907. The molecule has 6 heteroatoms. The lowest BCUT2D eigenvalue weighted by Gasteiger charge is -2.20. The van der Waals surface area contributed by atoms with Crippen LogP contribution in [-0.4, -0.2) is 24.4 Å². The van der Waals surface area contributed by atoms with E-state index in [4.69, 9.17) is 4.74 Å². The van der Waals surface area contributed by atoms with Gasteiger partial charge in [-0.3, -0.25) is 14.4 Å². The molecule has 1 aliphatic carbocycles. The number of nitrogens with one attached hydrogen (secondary N) is 2. The van der Waals surface area contributed by atoms with E-state index < -0.39 is 0 Å². The third kappa shape index (κ3) is 9.08. The van der Waals surface area contributed by atoms with Crippen molar-refractivity contribution in [3.05, 3.63) is 60.2 Å². The van der Waals surface area contributed by atoms with E-state index in [-0.39, 0.29) is 36.5 Å². The highest BCUT2D eigenvalue weighted by Gasteiger charge is 2.21. The van der Waals surface area contributed by atoms with Gasteiger partial charge in [-0.2, -0.15) is 0 Å². The van der Waals surface area contributed by atoms with Gasteiger partial charge in [-0.15, -0.1) is 0 Å². The molecule has 0 bridgehead atoms. The summed E-state index contributed by atoms with van der Waals surface area (Å²) in [7, 11) is 0. The number of anilines is 2. The minimum absolute atomic E-state index is 0.0560. The van der Waals surface area contributed by atoms with Gasteiger partial charge in [0.05, 0.1) is 6.61 Å². The number of hydrogen-bond acceptors (Lipinski definition) is 4. The van der Waals surface area contributed by atoms with E-state index >= 15 is 0 Å². The first-order valence-electron chi connectivity index (χ1n) is 12.0. The van der Waals surface area contributed by atoms with E-state index in [1.165, 1.54) is 12.0 Å². The van der Waals surface area contributed by atoms with Crippen molar-refractivity contribution in [3.8, 4) is 0 Å². The summed E-state index contributed by atoms with van der Waals surface area (Å²) in [5.41, 5.74) is 2.54. The highest BCUT2D eigenvalue weighted by molar-refractivity contribution is 5.95. The van der Waals surface area contributed by atoms with Gasteiger partial charge in [0.25, 0.3) is 0 Å². The number of rotatable bonds is 11. The second-order valence-electron chi connectivity index (χ2n) is 8.62. The molecule has 1 fully saturated rings. The van der Waals surface area contributed by atoms with E-state index in [9.17, 15) is 14.4 Å². The Balaban J connectivity index is 1.31. The molecule has 2 aromatic carbocycles. The van der Waals surface area contributed by atoms with Gasteiger partial charge in [-0.1, -0.05) is 55.7 Å². The number of carbonyl (C=O) groups is 3. The van der Waals surface area contributed by atoms with Crippen molar-refractivity contribution in [1.82, 2.24) is 0 Å². The number of benzene rings is 2. The number of ether oxygens (including phenoxy) is 1. The van der Waals surface area contributed by atoms with Crippen molar-refractivity contribution < 1.29 is 19.1 Å². The molecule has 33 heavy (non-hydrogen) atoms. The molecule has 0 atom stereocenters. The van der Waals surface area contributed by atoms with Crippen LogP contribution in [-0.2, 0) is 25.5 Å². The van der Waals surface area contributed by atoms with Gasteiger partial charge in [0, 0.05) is 30.1 Å². The van der Waals surface area contributed by atoms with Gasteiger partial charge in [0.2, 0.25) is 11.8 Å². The van der Waals surface area contributed by atoms with Crippen LogP contribution in [0.25, 0.3) is 0 Å². The van der Waals surface area contributed by atoms with Gasteiger partial charge in [0.15, 0.2) is 0 Å². The predicted octanol–water partition coefficient (Wildman–Crippen LogP) is 5.49. The van der Waals surface area contributed by atoms with Crippen LogP contribution < -0.4 is 10.6 Å². The molecule has 3 rings (SSSR count). The lowest BCUT2D eigenvalue weighted by atomic mass is 9.88. The SMILES string of the molecule is O=C(CCCC(=O)OCCCc1ccccc1)Nc1cccc(NC(=O)C2CCCCC2)c1. The highest BCUT2D eigenvalue weighted by atomic mass is 16.5. The van der Waals surface area contributed by atoms with Crippen LogP contribution in [0.15, 0.2) is 54.6 Å². The Hall–Kier alpha value is -3.15. The number of esters is 1. The summed E-state index contributed by atoms with van der Waals surface area (Å²) in [6.45, 7) is 0.388. The summed E-state index contributed by atoms with van der Waals surface area (Å²) in [6, 6.07) is 17.3. The molecule has 0 spiro atoms. The fraction of sp³-hybridized carbons (Fsp3) is 0.444. The van der Waals surface area contributed by atoms with Crippen molar-refractivity contribution in [1.29, 1.82) is 0 Å². The second-order valence-corrected chi connectivity index (χ2v) is 8.62. The maximum atomic E-state index is 12.4. The molecular weight excluding hydrogens is 416 g/mol. The molecule has 0 unspecified atom stereocenters. The second kappa shape index (κ2) is 13.4. The summed E-state index contributed by atoms with van der Waals surface area (Å²) in [6.07, 6.45) is 7.84. The molecule has 2 N–H and O–H groups in total. The minimum atomic E-state index is -0.275. The largest absolute Gasteiger partial charge is 0.466 e. The topological polar surface area (TPSA) is 84.5 Å². The number of hydrogen-bond donors (Lipinski definition) is 2. The van der Waals surface area contributed by atoms with E-state index in [0.29, 0.717) is 24.4 Å². The van der Waals surface area contributed by atoms with E-state index in [1.807, 2.05) is 24.3 Å². The fourth-order valence-corrected chi connectivity index (χ4v) is 4.08. The van der Waals surface area contributed by atoms with Gasteiger partial charge in [-0.05, 0) is 55.9 Å². The van der Waals surface area contributed by atoms with Crippen LogP contribution in [0, 0.1) is 5.92 Å². The predicted molar refractivity (Wildman–Crippen MR) is 130 cm³/mol. The Morgan fingerprint density at radius 3 is 2.30 bits per heavy atom. The normalized spacial score (nSPS) is 13.8. The molecule has 1 aliphatic rings. The average molecular weight is 451 g/mol. The molecule has 0 radical (unpaired) electrons. The van der Waals surface area contributed by atoms with Crippen molar-refractivity contribution in [3.63, 3.8) is 0 Å². The van der Waals surface area contributed by atoms with Crippen molar-refractivity contribution >= 4 is 29.2 Å². The number of carbonyl (C=O) groups excluding carboxylic acids is 3. The van der Waals surface area contributed by atoms with Crippen LogP contribution >= 0.6 is 0 Å². The van der Waals surface area contributed by atoms with Crippen LogP contribution in [0.1, 0.15) is 63.4 Å². The molecule has 176 valence electrons. The van der Waals surface area contributed by atoms with E-state index in [2.05, 4.69) is 22.8 Å². The van der Waals surface area contributed by atoms with Gasteiger partial charge in [0.1, 0.15) is 0 Å². The van der Waals surface area contributed by atoms with E-state index in [1.54, 1.807) is 18.2 Å². The van der Waals surface area contributed by atoms with Crippen LogP contribution in [0.5, 0.6) is 0 Å². The zero-order valence-corrected chi connectivity index (χ0v) is 19.2. The first kappa shape index (κ1) is 24.5. The average Bonchev–Trinajstić information content (AvgIpc) is 2.83. The summed E-state index contributed by atoms with van der Waals surface area (Å²) in [5.74, 6) is -0.304. The summed E-state index contributed by atoms with van der Waals surface area (Å²) in [4.78, 5) is 36.5. The number of amides is 2. The fourth-order valence-electron chi connectivity index (χ4n) is 4.08. The first-order valence-corrected chi connectivity index (χ1v) is 12.0. The monoisotopic (exact) mass is 450 g/mol. The zero-order valence-electron chi connectivity index (χ0n) is 19.2. The summed E-state index contributed by atoms with van der Waals surface area (Å²) in [5, 5.41) is 5.80. The molecule has 0 heterocycles. The molecule has 0 aliphatic heterocycles. The third-order valence-electron chi connectivity index (χ3n) is 5.89. The van der Waals surface area contributed by atoms with Crippen molar-refractivity contribution in [2.24, 2.45) is 5.92 Å². The lowest BCUT2D eigenvalue weighted by Crippen LogP contribution is -2.24. The summed E-state index contributed by atoms with van der Waals surface area (Å²) < 4.78 is 5.26. The van der Waals surface area contributed by atoms with E-state index in [0.717, 1.165) is 38.5 Å². The van der Waals surface area contributed by atoms with Crippen molar-refractivity contribution in [2.75, 3.05) is 17.2 Å². The zero-order chi connectivity index (χ0) is 23.3. The Morgan fingerprint density at radius 1 is 0.818 bits per heavy atom. The summed E-state index contributed by atoms with van der Waals surface area (Å²) >= 11 is 0. The quantitative estimate of drug-likeness (QED) is 0.350. The Labute approximate surface area is 196 Å². The molecule has 2 aromatic rings. The van der Waals surface area contributed by atoms with Crippen LogP contribution in [0.3, 0.4) is 0 Å². The Kier molecular flexibility index (Phi) is 9.95. The molecular formula is C27H34N2O4. The van der Waals surface area contributed by atoms with Crippen LogP contribution in [0.2, 0.25) is 0 Å². The molecule has 1 saturated carbocycles. The maximum Gasteiger partial charge on any atom is 0.305 e. The standard InChI is InChI=1S/C27H34N2O4/c30-25(17-8-18-26(31)33-19-9-12-21-10-3-1-4-11-21)28-23-15-7-16-24(20-23)29-27(32)22-13-5-2-6-14-22/h1,3-4,7,10-11,15-16,20,22H,2,5-6,8-9,12-14,17-19H2,(H,28,30)(H,29,32).